The highest BCUT2D eigenvalue weighted by atomic mass is 16.5. The molecule has 0 saturated carbocycles. The van der Waals surface area contributed by atoms with Crippen molar-refractivity contribution in [2.45, 2.75) is 59.0 Å². The van der Waals surface area contributed by atoms with E-state index in [1.165, 1.54) is 0 Å². The van der Waals surface area contributed by atoms with Crippen molar-refractivity contribution >= 4 is 11.9 Å². The number of esters is 1. The van der Waals surface area contributed by atoms with Crippen LogP contribution in [0.25, 0.3) is 11.4 Å². The number of hydrogen-bond donors (Lipinski definition) is 1. The Morgan fingerprint density at radius 3 is 2.33 bits per heavy atom. The molecule has 1 N–H and O–H groups in total. The second kappa shape index (κ2) is 7.94. The van der Waals surface area contributed by atoms with Crippen molar-refractivity contribution in [3.05, 3.63) is 41.2 Å². The van der Waals surface area contributed by atoms with Gasteiger partial charge in [-0.25, -0.2) is 9.78 Å². The van der Waals surface area contributed by atoms with Crippen molar-refractivity contribution in [1.29, 1.82) is 0 Å². The van der Waals surface area contributed by atoms with Crippen LogP contribution in [0, 0.1) is 13.8 Å². The van der Waals surface area contributed by atoms with Crippen molar-refractivity contribution < 1.29 is 14.3 Å². The first-order valence-electron chi connectivity index (χ1n) is 9.48. The molecular formula is C21H27N3O3. The van der Waals surface area contributed by atoms with Gasteiger partial charge in [0.2, 0.25) is 0 Å². The third-order valence-corrected chi connectivity index (χ3v) is 5.33. The predicted molar refractivity (Wildman–Crippen MR) is 103 cm³/mol. The fourth-order valence-corrected chi connectivity index (χ4v) is 3.65. The molecule has 1 amide bonds. The first-order valence-corrected chi connectivity index (χ1v) is 9.48. The number of benzene rings is 1. The van der Waals surface area contributed by atoms with Gasteiger partial charge in [0.25, 0.3) is 5.91 Å². The van der Waals surface area contributed by atoms with Crippen LogP contribution in [-0.4, -0.2) is 45.4 Å². The number of aryl methyl sites for hydroxylation is 2. The van der Waals surface area contributed by atoms with E-state index in [-0.39, 0.29) is 24.6 Å². The smallest absolute Gasteiger partial charge is 0.338 e. The van der Waals surface area contributed by atoms with Gasteiger partial charge in [-0.2, -0.15) is 0 Å². The minimum atomic E-state index is -0.487. The van der Waals surface area contributed by atoms with Gasteiger partial charge in [-0.05, 0) is 59.1 Å². The number of likely N-dealkylation sites (tertiary alicyclic amines) is 1. The minimum absolute atomic E-state index is 0.124. The zero-order chi connectivity index (χ0) is 19.6. The first-order chi connectivity index (χ1) is 12.9. The standard InChI is InChI=1S/C21H27N3O3/c1-13-6-5-7-14(2)24(13)19(25)12-27-21(26)18-10-8-17(9-11-18)20-22-15(3)16(4)23-20/h8-11,13-14H,5-7,12H2,1-4H3,(H,22,23)/t13-,14-/m1/s1. The summed E-state index contributed by atoms with van der Waals surface area (Å²) in [7, 11) is 0. The van der Waals surface area contributed by atoms with Crippen LogP contribution < -0.4 is 0 Å². The molecule has 0 bridgehead atoms. The van der Waals surface area contributed by atoms with Crippen molar-refractivity contribution in [3.8, 4) is 11.4 Å². The average Bonchev–Trinajstić information content (AvgIpc) is 2.98. The van der Waals surface area contributed by atoms with Gasteiger partial charge in [0.05, 0.1) is 11.3 Å². The number of rotatable bonds is 4. The Kier molecular flexibility index (Phi) is 5.63. The van der Waals surface area contributed by atoms with E-state index < -0.39 is 5.97 Å². The lowest BCUT2D eigenvalue weighted by Crippen LogP contribution is -2.49. The Balaban J connectivity index is 1.60. The summed E-state index contributed by atoms with van der Waals surface area (Å²) in [6, 6.07) is 7.43. The number of nitrogens with zero attached hydrogens (tertiary/aromatic N) is 2. The van der Waals surface area contributed by atoms with E-state index in [1.54, 1.807) is 12.1 Å². The highest BCUT2D eigenvalue weighted by Gasteiger charge is 2.29. The Bertz CT molecular complexity index is 796. The largest absolute Gasteiger partial charge is 0.452 e. The maximum Gasteiger partial charge on any atom is 0.338 e. The summed E-state index contributed by atoms with van der Waals surface area (Å²) in [5.74, 6) is 0.161. The van der Waals surface area contributed by atoms with E-state index in [1.807, 2.05) is 44.7 Å². The lowest BCUT2D eigenvalue weighted by molar-refractivity contribution is -0.140. The van der Waals surface area contributed by atoms with Crippen LogP contribution in [0.15, 0.2) is 24.3 Å². The van der Waals surface area contributed by atoms with E-state index in [2.05, 4.69) is 9.97 Å². The van der Waals surface area contributed by atoms with Gasteiger partial charge < -0.3 is 14.6 Å². The number of piperidine rings is 1. The number of ether oxygens (including phenoxy) is 1. The van der Waals surface area contributed by atoms with Crippen LogP contribution in [0.4, 0.5) is 0 Å². The molecule has 1 aliphatic heterocycles. The summed E-state index contributed by atoms with van der Waals surface area (Å²) < 4.78 is 5.25. The van der Waals surface area contributed by atoms with E-state index >= 15 is 0 Å². The topological polar surface area (TPSA) is 75.3 Å². The number of aromatic nitrogens is 2. The molecule has 0 unspecified atom stereocenters. The van der Waals surface area contributed by atoms with Crippen molar-refractivity contribution in [2.75, 3.05) is 6.61 Å². The molecule has 6 heteroatoms. The van der Waals surface area contributed by atoms with Crippen LogP contribution in [0.1, 0.15) is 54.9 Å². The molecule has 0 aliphatic carbocycles. The molecule has 0 spiro atoms. The molecule has 27 heavy (non-hydrogen) atoms. The number of H-pyrrole nitrogens is 1. The number of aromatic amines is 1. The Hall–Kier alpha value is -2.63. The summed E-state index contributed by atoms with van der Waals surface area (Å²) in [4.78, 5) is 34.3. The molecule has 1 aromatic carbocycles. The summed E-state index contributed by atoms with van der Waals surface area (Å²) >= 11 is 0. The van der Waals surface area contributed by atoms with Gasteiger partial charge >= 0.3 is 5.97 Å². The zero-order valence-corrected chi connectivity index (χ0v) is 16.4. The van der Waals surface area contributed by atoms with E-state index in [0.29, 0.717) is 5.56 Å². The number of carbonyl (C=O) groups excluding carboxylic acids is 2. The maximum atomic E-state index is 12.5. The Morgan fingerprint density at radius 2 is 1.78 bits per heavy atom. The number of amides is 1. The molecular weight excluding hydrogens is 342 g/mol. The molecule has 3 rings (SSSR count). The van der Waals surface area contributed by atoms with Gasteiger partial charge in [-0.3, -0.25) is 4.79 Å². The summed E-state index contributed by atoms with van der Waals surface area (Å²) in [5.41, 5.74) is 3.29. The van der Waals surface area contributed by atoms with Gasteiger partial charge in [-0.1, -0.05) is 12.1 Å². The highest BCUT2D eigenvalue weighted by Crippen LogP contribution is 2.23. The van der Waals surface area contributed by atoms with Gasteiger partial charge in [0.15, 0.2) is 6.61 Å². The van der Waals surface area contributed by atoms with Crippen LogP contribution in [0.5, 0.6) is 0 Å². The zero-order valence-electron chi connectivity index (χ0n) is 16.4. The van der Waals surface area contributed by atoms with E-state index in [9.17, 15) is 9.59 Å². The lowest BCUT2D eigenvalue weighted by Gasteiger charge is -2.38. The van der Waals surface area contributed by atoms with Crippen molar-refractivity contribution in [2.24, 2.45) is 0 Å². The van der Waals surface area contributed by atoms with Crippen LogP contribution in [0.2, 0.25) is 0 Å². The number of imidazole rings is 1. The van der Waals surface area contributed by atoms with Gasteiger partial charge in [0, 0.05) is 23.3 Å². The van der Waals surface area contributed by atoms with Gasteiger partial charge in [0.1, 0.15) is 5.82 Å². The second-order valence-electron chi connectivity index (χ2n) is 7.38. The molecule has 1 aliphatic rings. The highest BCUT2D eigenvalue weighted by molar-refractivity contribution is 5.91. The Labute approximate surface area is 159 Å². The normalized spacial score (nSPS) is 19.8. The molecule has 2 heterocycles. The summed E-state index contributed by atoms with van der Waals surface area (Å²) in [5, 5.41) is 0. The molecule has 1 aromatic heterocycles. The molecule has 0 radical (unpaired) electrons. The Morgan fingerprint density at radius 1 is 1.15 bits per heavy atom. The maximum absolute atomic E-state index is 12.5. The summed E-state index contributed by atoms with van der Waals surface area (Å²) in [6.45, 7) is 7.80. The summed E-state index contributed by atoms with van der Waals surface area (Å²) in [6.07, 6.45) is 3.13. The molecule has 6 nitrogen and oxygen atoms in total. The third kappa shape index (κ3) is 4.21. The number of hydrogen-bond acceptors (Lipinski definition) is 4. The predicted octanol–water partition coefficient (Wildman–Crippen LogP) is 3.64. The first kappa shape index (κ1) is 19.1. The quantitative estimate of drug-likeness (QED) is 0.835. The van der Waals surface area contributed by atoms with E-state index in [0.717, 1.165) is 42.0 Å². The third-order valence-electron chi connectivity index (χ3n) is 5.33. The van der Waals surface area contributed by atoms with Crippen molar-refractivity contribution in [1.82, 2.24) is 14.9 Å². The van der Waals surface area contributed by atoms with Crippen LogP contribution >= 0.6 is 0 Å². The van der Waals surface area contributed by atoms with E-state index in [4.69, 9.17) is 4.74 Å². The molecule has 2 aromatic rings. The average molecular weight is 369 g/mol. The monoisotopic (exact) mass is 369 g/mol. The number of nitrogens with one attached hydrogen (secondary N) is 1. The van der Waals surface area contributed by atoms with Gasteiger partial charge in [-0.15, -0.1) is 0 Å². The molecule has 1 fully saturated rings. The number of carbonyl (C=O) groups is 2. The molecule has 2 atom stereocenters. The second-order valence-corrected chi connectivity index (χ2v) is 7.38. The lowest BCUT2D eigenvalue weighted by atomic mass is 9.97. The fraction of sp³-hybridized carbons (Fsp3) is 0.476. The SMILES string of the molecule is Cc1nc(-c2ccc(C(=O)OCC(=O)N3[C@H](C)CCC[C@H]3C)cc2)[nH]c1C. The fourth-order valence-electron chi connectivity index (χ4n) is 3.65. The molecule has 144 valence electrons. The van der Waals surface area contributed by atoms with Crippen LogP contribution in [0.3, 0.4) is 0 Å². The van der Waals surface area contributed by atoms with Crippen LogP contribution in [-0.2, 0) is 9.53 Å². The molecule has 1 saturated heterocycles. The van der Waals surface area contributed by atoms with Crippen molar-refractivity contribution in [3.63, 3.8) is 0 Å². The minimum Gasteiger partial charge on any atom is -0.452 e.